The largest absolute Gasteiger partial charge is 0.467 e. The highest BCUT2D eigenvalue weighted by Crippen LogP contribution is 2.52. The van der Waals surface area contributed by atoms with E-state index in [1.54, 1.807) is 11.2 Å². The van der Waals surface area contributed by atoms with E-state index in [-0.39, 0.29) is 35.0 Å². The number of rotatable bonds is 4. The number of amides is 2. The standard InChI is InChI=1S/C23H31N3O4/c1-21(2)10-14(11-22(3,4)25-21)24-19(27)17-16-7-8-23(30-16)13-26(20(28)18(17)23)12-15-6-5-9-29-15/h5-9,14,16-18,25H,10-13H2,1-4H3,(H,24,27)/t16-,17-,18-,23-/m0/s1. The first-order valence-electron chi connectivity index (χ1n) is 10.9. The zero-order valence-corrected chi connectivity index (χ0v) is 18.1. The lowest BCUT2D eigenvalue weighted by Gasteiger charge is -2.47. The molecular weight excluding hydrogens is 382 g/mol. The van der Waals surface area contributed by atoms with Crippen LogP contribution in [-0.2, 0) is 20.9 Å². The quantitative estimate of drug-likeness (QED) is 0.738. The number of hydrogen-bond acceptors (Lipinski definition) is 5. The minimum absolute atomic E-state index is 0.0237. The van der Waals surface area contributed by atoms with E-state index < -0.39 is 17.4 Å². The second kappa shape index (κ2) is 6.44. The maximum atomic E-state index is 13.4. The molecule has 0 saturated carbocycles. The Morgan fingerprint density at radius 1 is 1.27 bits per heavy atom. The fraction of sp³-hybridized carbons (Fsp3) is 0.652. The third-order valence-corrected chi connectivity index (χ3v) is 6.94. The summed E-state index contributed by atoms with van der Waals surface area (Å²) in [5.41, 5.74) is -0.812. The molecule has 3 fully saturated rings. The molecule has 2 bridgehead atoms. The predicted molar refractivity (Wildman–Crippen MR) is 110 cm³/mol. The Kier molecular flexibility index (Phi) is 4.25. The number of carbonyl (C=O) groups is 2. The van der Waals surface area contributed by atoms with Crippen molar-refractivity contribution in [2.75, 3.05) is 6.54 Å². The highest BCUT2D eigenvalue weighted by molar-refractivity contribution is 5.93. The van der Waals surface area contributed by atoms with E-state index in [4.69, 9.17) is 9.15 Å². The summed E-state index contributed by atoms with van der Waals surface area (Å²) in [6, 6.07) is 3.74. The summed E-state index contributed by atoms with van der Waals surface area (Å²) in [6.45, 7) is 9.52. The maximum absolute atomic E-state index is 13.4. The topological polar surface area (TPSA) is 83.8 Å². The number of ether oxygens (including phenoxy) is 1. The monoisotopic (exact) mass is 413 g/mol. The van der Waals surface area contributed by atoms with Crippen LogP contribution in [0.3, 0.4) is 0 Å². The van der Waals surface area contributed by atoms with E-state index in [1.807, 2.05) is 24.3 Å². The molecule has 5 heterocycles. The lowest BCUT2D eigenvalue weighted by atomic mass is 9.75. The van der Waals surface area contributed by atoms with E-state index in [1.165, 1.54) is 0 Å². The number of likely N-dealkylation sites (tertiary alicyclic amines) is 1. The zero-order valence-electron chi connectivity index (χ0n) is 18.1. The highest BCUT2D eigenvalue weighted by atomic mass is 16.5. The van der Waals surface area contributed by atoms with Gasteiger partial charge in [0.15, 0.2) is 0 Å². The van der Waals surface area contributed by atoms with Crippen molar-refractivity contribution in [2.45, 2.75) is 75.9 Å². The first-order chi connectivity index (χ1) is 14.1. The minimum Gasteiger partial charge on any atom is -0.467 e. The molecule has 4 atom stereocenters. The van der Waals surface area contributed by atoms with Crippen molar-refractivity contribution in [2.24, 2.45) is 11.8 Å². The first-order valence-corrected chi connectivity index (χ1v) is 10.9. The van der Waals surface area contributed by atoms with Gasteiger partial charge in [0.05, 0.1) is 37.3 Å². The molecule has 2 amide bonds. The Morgan fingerprint density at radius 3 is 2.67 bits per heavy atom. The molecule has 1 aromatic rings. The summed E-state index contributed by atoms with van der Waals surface area (Å²) >= 11 is 0. The van der Waals surface area contributed by atoms with Gasteiger partial charge in [0.1, 0.15) is 11.4 Å². The van der Waals surface area contributed by atoms with Crippen LogP contribution >= 0.6 is 0 Å². The average molecular weight is 414 g/mol. The Morgan fingerprint density at radius 2 is 2.00 bits per heavy atom. The molecule has 0 radical (unpaired) electrons. The molecule has 162 valence electrons. The van der Waals surface area contributed by atoms with E-state index in [2.05, 4.69) is 38.3 Å². The number of furan rings is 1. The van der Waals surface area contributed by atoms with Crippen molar-refractivity contribution in [1.82, 2.24) is 15.5 Å². The van der Waals surface area contributed by atoms with Gasteiger partial charge in [-0.25, -0.2) is 0 Å². The Balaban J connectivity index is 1.33. The number of fused-ring (bicyclic) bond motifs is 1. The van der Waals surface area contributed by atoms with Crippen LogP contribution in [0.5, 0.6) is 0 Å². The fourth-order valence-corrected chi connectivity index (χ4v) is 6.32. The first kappa shape index (κ1) is 19.8. The molecule has 7 heteroatoms. The van der Waals surface area contributed by atoms with Crippen molar-refractivity contribution >= 4 is 11.8 Å². The predicted octanol–water partition coefficient (Wildman–Crippen LogP) is 1.99. The molecule has 1 aromatic heterocycles. The summed E-state index contributed by atoms with van der Waals surface area (Å²) in [7, 11) is 0. The molecule has 7 nitrogen and oxygen atoms in total. The highest BCUT2D eigenvalue weighted by Gasteiger charge is 2.67. The van der Waals surface area contributed by atoms with Crippen LogP contribution in [0.25, 0.3) is 0 Å². The van der Waals surface area contributed by atoms with Crippen LogP contribution < -0.4 is 10.6 Å². The molecule has 0 aliphatic carbocycles. The summed E-state index contributed by atoms with van der Waals surface area (Å²) in [4.78, 5) is 28.4. The number of nitrogens with zero attached hydrogens (tertiary/aromatic N) is 1. The van der Waals surface area contributed by atoms with Gasteiger partial charge in [-0.1, -0.05) is 12.2 Å². The summed E-state index contributed by atoms with van der Waals surface area (Å²) in [5.74, 6) is -0.305. The lowest BCUT2D eigenvalue weighted by molar-refractivity contribution is -0.138. The van der Waals surface area contributed by atoms with Crippen LogP contribution in [0.2, 0.25) is 0 Å². The lowest BCUT2D eigenvalue weighted by Crippen LogP contribution is -2.62. The molecule has 1 spiro atoms. The molecule has 3 saturated heterocycles. The van der Waals surface area contributed by atoms with Crippen molar-refractivity contribution in [3.05, 3.63) is 36.3 Å². The van der Waals surface area contributed by atoms with Gasteiger partial charge in [-0.3, -0.25) is 9.59 Å². The van der Waals surface area contributed by atoms with Crippen molar-refractivity contribution < 1.29 is 18.7 Å². The second-order valence-electron chi connectivity index (χ2n) is 10.7. The van der Waals surface area contributed by atoms with Crippen LogP contribution in [-0.4, -0.2) is 52.1 Å². The zero-order chi connectivity index (χ0) is 21.3. The third-order valence-electron chi connectivity index (χ3n) is 6.94. The van der Waals surface area contributed by atoms with Gasteiger partial charge in [0, 0.05) is 17.1 Å². The van der Waals surface area contributed by atoms with Crippen LogP contribution in [0.15, 0.2) is 35.0 Å². The van der Waals surface area contributed by atoms with Crippen LogP contribution in [0, 0.1) is 11.8 Å². The molecule has 0 unspecified atom stereocenters. The fourth-order valence-electron chi connectivity index (χ4n) is 6.32. The number of hydrogen-bond donors (Lipinski definition) is 2. The Bertz CT molecular complexity index is 874. The van der Waals surface area contributed by atoms with Crippen molar-refractivity contribution in [1.29, 1.82) is 0 Å². The van der Waals surface area contributed by atoms with E-state index in [0.29, 0.717) is 13.1 Å². The van der Waals surface area contributed by atoms with Gasteiger partial charge in [-0.15, -0.1) is 0 Å². The normalized spacial score (nSPS) is 36.3. The van der Waals surface area contributed by atoms with E-state index in [9.17, 15) is 9.59 Å². The van der Waals surface area contributed by atoms with Gasteiger partial charge in [0.25, 0.3) is 0 Å². The number of nitrogens with one attached hydrogen (secondary N) is 2. The molecule has 30 heavy (non-hydrogen) atoms. The van der Waals surface area contributed by atoms with Crippen LogP contribution in [0.4, 0.5) is 0 Å². The number of piperidine rings is 1. The summed E-state index contributed by atoms with van der Waals surface area (Å²) < 4.78 is 11.6. The van der Waals surface area contributed by atoms with E-state index in [0.717, 1.165) is 18.6 Å². The summed E-state index contributed by atoms with van der Waals surface area (Å²) in [6.07, 6.45) is 6.93. The molecule has 2 N–H and O–H groups in total. The van der Waals surface area contributed by atoms with Gasteiger partial charge < -0.3 is 24.7 Å². The van der Waals surface area contributed by atoms with Crippen LogP contribution in [0.1, 0.15) is 46.3 Å². The van der Waals surface area contributed by atoms with Gasteiger partial charge in [-0.2, -0.15) is 0 Å². The number of carbonyl (C=O) groups excluding carboxylic acids is 2. The molecule has 4 aliphatic rings. The SMILES string of the molecule is CC1(C)CC(NC(=O)[C@H]2[C@@H]3C=C[C@@]4(CN(Cc5ccco5)C(=O)[C@H]24)O3)CC(C)(C)N1. The third kappa shape index (κ3) is 3.19. The van der Waals surface area contributed by atoms with Gasteiger partial charge >= 0.3 is 0 Å². The van der Waals surface area contributed by atoms with Gasteiger partial charge in [-0.05, 0) is 52.7 Å². The minimum atomic E-state index is -0.691. The Labute approximate surface area is 177 Å². The van der Waals surface area contributed by atoms with E-state index >= 15 is 0 Å². The molecular formula is C23H31N3O4. The molecule has 4 aliphatic heterocycles. The molecule has 0 aromatic carbocycles. The summed E-state index contributed by atoms with van der Waals surface area (Å²) in [5, 5.41) is 6.91. The Hall–Kier alpha value is -2.12. The maximum Gasteiger partial charge on any atom is 0.230 e. The second-order valence-corrected chi connectivity index (χ2v) is 10.7. The van der Waals surface area contributed by atoms with Gasteiger partial charge in [0.2, 0.25) is 11.8 Å². The average Bonchev–Trinajstić information content (AvgIpc) is 3.35. The smallest absolute Gasteiger partial charge is 0.230 e. The van der Waals surface area contributed by atoms with Crippen molar-refractivity contribution in [3.8, 4) is 0 Å². The van der Waals surface area contributed by atoms with Crippen molar-refractivity contribution in [3.63, 3.8) is 0 Å². The molecule has 5 rings (SSSR count).